The van der Waals surface area contributed by atoms with Gasteiger partial charge in [0.2, 0.25) is 0 Å². The molecule has 2 heterocycles. The van der Waals surface area contributed by atoms with Crippen LogP contribution in [0.5, 0.6) is 5.75 Å². The van der Waals surface area contributed by atoms with E-state index in [0.29, 0.717) is 5.92 Å². The molecule has 0 saturated carbocycles. The summed E-state index contributed by atoms with van der Waals surface area (Å²) in [5.74, 6) is 1.43. The van der Waals surface area contributed by atoms with Crippen LogP contribution in [0.1, 0.15) is 30.2 Å². The summed E-state index contributed by atoms with van der Waals surface area (Å²) in [5, 5.41) is 12.0. The first kappa shape index (κ1) is 11.9. The van der Waals surface area contributed by atoms with Crippen LogP contribution in [0.3, 0.4) is 0 Å². The summed E-state index contributed by atoms with van der Waals surface area (Å²) in [5.41, 5.74) is 0. The molecule has 1 fully saturated rings. The first-order valence-corrected chi connectivity index (χ1v) is 6.56. The maximum Gasteiger partial charge on any atom is 0.129 e. The molecule has 90 valence electrons. The fraction of sp³-hybridized carbons (Fsp3) is 0.667. The van der Waals surface area contributed by atoms with E-state index in [4.69, 9.17) is 9.47 Å². The zero-order valence-corrected chi connectivity index (χ0v) is 10.3. The van der Waals surface area contributed by atoms with Gasteiger partial charge >= 0.3 is 0 Å². The van der Waals surface area contributed by atoms with Crippen molar-refractivity contribution in [2.24, 2.45) is 5.92 Å². The van der Waals surface area contributed by atoms with E-state index in [0.717, 1.165) is 43.1 Å². The van der Waals surface area contributed by atoms with Gasteiger partial charge < -0.3 is 14.6 Å². The first-order chi connectivity index (χ1) is 7.79. The quantitative estimate of drug-likeness (QED) is 0.882. The van der Waals surface area contributed by atoms with Crippen LogP contribution in [0, 0.1) is 5.92 Å². The van der Waals surface area contributed by atoms with Crippen LogP contribution >= 0.6 is 11.3 Å². The predicted molar refractivity (Wildman–Crippen MR) is 64.0 cm³/mol. The highest BCUT2D eigenvalue weighted by Crippen LogP contribution is 2.32. The third-order valence-electron chi connectivity index (χ3n) is 3.06. The lowest BCUT2D eigenvalue weighted by Gasteiger charge is -2.23. The average molecular weight is 242 g/mol. The largest absolute Gasteiger partial charge is 0.496 e. The fourth-order valence-electron chi connectivity index (χ4n) is 2.03. The van der Waals surface area contributed by atoms with Gasteiger partial charge in [0, 0.05) is 23.5 Å². The minimum absolute atomic E-state index is 0.350. The number of ether oxygens (including phenoxy) is 2. The topological polar surface area (TPSA) is 38.7 Å². The molecule has 1 saturated heterocycles. The van der Waals surface area contributed by atoms with E-state index in [-0.39, 0.29) is 6.10 Å². The second-order valence-electron chi connectivity index (χ2n) is 4.20. The van der Waals surface area contributed by atoms with E-state index in [9.17, 15) is 5.11 Å². The molecule has 0 spiro atoms. The molecule has 4 heteroatoms. The summed E-state index contributed by atoms with van der Waals surface area (Å²) in [6, 6.07) is 1.93. The van der Waals surface area contributed by atoms with Gasteiger partial charge in [0.1, 0.15) is 5.75 Å². The van der Waals surface area contributed by atoms with E-state index in [2.05, 4.69) is 0 Å². The van der Waals surface area contributed by atoms with Gasteiger partial charge in [-0.15, -0.1) is 11.3 Å². The number of thiophene rings is 1. The van der Waals surface area contributed by atoms with Crippen molar-refractivity contribution in [3.05, 3.63) is 16.3 Å². The van der Waals surface area contributed by atoms with Gasteiger partial charge in [-0.25, -0.2) is 0 Å². The molecule has 1 aromatic rings. The van der Waals surface area contributed by atoms with Crippen LogP contribution in [0.15, 0.2) is 11.4 Å². The first-order valence-electron chi connectivity index (χ1n) is 5.68. The van der Waals surface area contributed by atoms with Gasteiger partial charge in [0.25, 0.3) is 0 Å². The number of hydrogen-bond acceptors (Lipinski definition) is 4. The highest BCUT2D eigenvalue weighted by Gasteiger charge is 2.20. The smallest absolute Gasteiger partial charge is 0.129 e. The highest BCUT2D eigenvalue weighted by atomic mass is 32.1. The van der Waals surface area contributed by atoms with E-state index in [1.807, 2.05) is 11.4 Å². The Bertz CT molecular complexity index is 318. The molecule has 1 N–H and O–H groups in total. The number of methoxy groups -OCH3 is 1. The van der Waals surface area contributed by atoms with Gasteiger partial charge in [-0.1, -0.05) is 0 Å². The van der Waals surface area contributed by atoms with Gasteiger partial charge in [-0.2, -0.15) is 0 Å². The third-order valence-corrected chi connectivity index (χ3v) is 4.07. The van der Waals surface area contributed by atoms with E-state index < -0.39 is 0 Å². The summed E-state index contributed by atoms with van der Waals surface area (Å²) in [4.78, 5) is 1.00. The zero-order valence-electron chi connectivity index (χ0n) is 9.52. The Morgan fingerprint density at radius 1 is 1.56 bits per heavy atom. The summed E-state index contributed by atoms with van der Waals surface area (Å²) in [6.07, 6.45) is 2.63. The zero-order chi connectivity index (χ0) is 11.4. The summed E-state index contributed by atoms with van der Waals surface area (Å²) >= 11 is 1.56. The van der Waals surface area contributed by atoms with Crippen molar-refractivity contribution in [1.82, 2.24) is 0 Å². The van der Waals surface area contributed by atoms with Crippen molar-refractivity contribution >= 4 is 11.3 Å². The second kappa shape index (κ2) is 5.66. The molecule has 0 aliphatic carbocycles. The Hall–Kier alpha value is -0.580. The van der Waals surface area contributed by atoms with Crippen molar-refractivity contribution in [3.8, 4) is 5.75 Å². The van der Waals surface area contributed by atoms with Gasteiger partial charge in [0.05, 0.1) is 13.2 Å². The molecule has 0 aromatic carbocycles. The molecule has 1 aromatic heterocycles. The molecule has 1 aliphatic rings. The lowest BCUT2D eigenvalue weighted by molar-refractivity contribution is 0.0441. The molecule has 2 rings (SSSR count). The van der Waals surface area contributed by atoms with Crippen molar-refractivity contribution in [1.29, 1.82) is 0 Å². The molecule has 0 amide bonds. The maximum absolute atomic E-state index is 10.1. The van der Waals surface area contributed by atoms with E-state index in [1.54, 1.807) is 18.4 Å². The van der Waals surface area contributed by atoms with E-state index >= 15 is 0 Å². The van der Waals surface area contributed by atoms with Crippen LogP contribution in [-0.4, -0.2) is 25.4 Å². The lowest BCUT2D eigenvalue weighted by atomic mass is 9.93. The number of aliphatic hydroxyl groups is 1. The Morgan fingerprint density at radius 3 is 2.94 bits per heavy atom. The molecular formula is C12H18O3S. The van der Waals surface area contributed by atoms with Gasteiger partial charge in [-0.05, 0) is 31.2 Å². The van der Waals surface area contributed by atoms with Crippen molar-refractivity contribution in [2.45, 2.75) is 25.4 Å². The molecule has 0 bridgehead atoms. The van der Waals surface area contributed by atoms with E-state index in [1.165, 1.54) is 0 Å². The number of rotatable bonds is 4. The monoisotopic (exact) mass is 242 g/mol. The highest BCUT2D eigenvalue weighted by molar-refractivity contribution is 7.10. The van der Waals surface area contributed by atoms with Crippen LogP contribution in [0.4, 0.5) is 0 Å². The van der Waals surface area contributed by atoms with Crippen LogP contribution < -0.4 is 4.74 Å². The Morgan fingerprint density at radius 2 is 2.31 bits per heavy atom. The third kappa shape index (κ3) is 2.97. The average Bonchev–Trinajstić information content (AvgIpc) is 2.79. The summed E-state index contributed by atoms with van der Waals surface area (Å²) in [6.45, 7) is 1.68. The molecule has 1 unspecified atom stereocenters. The molecule has 1 aliphatic heterocycles. The van der Waals surface area contributed by atoms with Crippen molar-refractivity contribution in [3.63, 3.8) is 0 Å². The molecule has 1 atom stereocenters. The Labute approximate surface area is 100 Å². The van der Waals surface area contributed by atoms with Gasteiger partial charge in [-0.3, -0.25) is 0 Å². The minimum Gasteiger partial charge on any atom is -0.496 e. The molecule has 0 radical (unpaired) electrons. The fourth-order valence-corrected chi connectivity index (χ4v) is 2.88. The standard InChI is InChI=1S/C12H18O3S/c1-14-10-7-12(16-8-10)11(13)6-9-2-4-15-5-3-9/h7-9,11,13H,2-6H2,1H3. The lowest BCUT2D eigenvalue weighted by Crippen LogP contribution is -2.17. The van der Waals surface area contributed by atoms with Crippen molar-refractivity contribution < 1.29 is 14.6 Å². The molecule has 3 nitrogen and oxygen atoms in total. The summed E-state index contributed by atoms with van der Waals surface area (Å²) < 4.78 is 10.4. The predicted octanol–water partition coefficient (Wildman–Crippen LogP) is 2.61. The second-order valence-corrected chi connectivity index (χ2v) is 5.14. The number of hydrogen-bond donors (Lipinski definition) is 1. The maximum atomic E-state index is 10.1. The van der Waals surface area contributed by atoms with Crippen LogP contribution in [-0.2, 0) is 4.74 Å². The van der Waals surface area contributed by atoms with Crippen LogP contribution in [0.25, 0.3) is 0 Å². The Balaban J connectivity index is 1.88. The molecular weight excluding hydrogens is 224 g/mol. The summed E-state index contributed by atoms with van der Waals surface area (Å²) in [7, 11) is 1.65. The van der Waals surface area contributed by atoms with Gasteiger partial charge in [0.15, 0.2) is 0 Å². The van der Waals surface area contributed by atoms with Crippen LogP contribution in [0.2, 0.25) is 0 Å². The SMILES string of the molecule is COc1csc(C(O)CC2CCOCC2)c1. The normalized spacial score (nSPS) is 19.6. The molecule has 16 heavy (non-hydrogen) atoms. The van der Waals surface area contributed by atoms with Crippen molar-refractivity contribution in [2.75, 3.05) is 20.3 Å². The number of aliphatic hydroxyl groups excluding tert-OH is 1. The Kier molecular flexibility index (Phi) is 4.21. The minimum atomic E-state index is -0.350.